The van der Waals surface area contributed by atoms with Crippen LogP contribution in [0.4, 0.5) is 17.1 Å². The van der Waals surface area contributed by atoms with Gasteiger partial charge in [0.1, 0.15) is 0 Å². The van der Waals surface area contributed by atoms with E-state index in [1.165, 1.54) is 24.3 Å². The molecule has 0 radical (unpaired) electrons. The highest BCUT2D eigenvalue weighted by atomic mass is 32.2. The van der Waals surface area contributed by atoms with E-state index in [2.05, 4.69) is 0 Å². The summed E-state index contributed by atoms with van der Waals surface area (Å²) in [5.74, 6) is 0. The molecule has 0 amide bonds. The van der Waals surface area contributed by atoms with E-state index in [-0.39, 0.29) is 21.5 Å². The molecule has 0 saturated carbocycles. The molecule has 12 nitrogen and oxygen atoms in total. The fourth-order valence-corrected chi connectivity index (χ4v) is 4.93. The predicted octanol–water partition coefficient (Wildman–Crippen LogP) is 3.02. The Morgan fingerprint density at radius 3 is 1.53 bits per heavy atom. The lowest BCUT2D eigenvalue weighted by atomic mass is 10.3. The van der Waals surface area contributed by atoms with Gasteiger partial charge in [0.2, 0.25) is 0 Å². The van der Waals surface area contributed by atoms with Crippen LogP contribution in [0.15, 0.2) is 88.7 Å². The molecule has 0 aromatic heterocycles. The molecule has 0 bridgehead atoms. The van der Waals surface area contributed by atoms with Gasteiger partial charge in [0.25, 0.3) is 21.4 Å². The number of rotatable bonds is 8. The average molecular weight is 479 g/mol. The van der Waals surface area contributed by atoms with Crippen LogP contribution in [0.25, 0.3) is 0 Å². The van der Waals surface area contributed by atoms with E-state index >= 15 is 0 Å². The highest BCUT2D eigenvalue weighted by Crippen LogP contribution is 2.28. The third-order valence-electron chi connectivity index (χ3n) is 4.03. The smallest absolute Gasteiger partial charge is 0.258 e. The summed E-state index contributed by atoms with van der Waals surface area (Å²) in [6.45, 7) is 0. The van der Waals surface area contributed by atoms with E-state index in [0.29, 0.717) is 0 Å². The van der Waals surface area contributed by atoms with Crippen molar-refractivity contribution in [3.8, 4) is 0 Å². The summed E-state index contributed by atoms with van der Waals surface area (Å²) in [4.78, 5) is 19.2. The molecule has 0 fully saturated rings. The van der Waals surface area contributed by atoms with Crippen molar-refractivity contribution in [1.29, 1.82) is 0 Å². The number of non-ortho nitro benzene ring substituents is 2. The minimum Gasteiger partial charge on any atom is -0.258 e. The van der Waals surface area contributed by atoms with Crippen molar-refractivity contribution in [3.63, 3.8) is 0 Å². The Labute approximate surface area is 181 Å². The lowest BCUT2D eigenvalue weighted by Crippen LogP contribution is -2.33. The number of benzene rings is 3. The molecule has 3 rings (SSSR count). The molecule has 0 unspecified atom stereocenters. The van der Waals surface area contributed by atoms with Gasteiger partial charge in [-0.25, -0.2) is 0 Å². The Bertz CT molecular complexity index is 1360. The van der Waals surface area contributed by atoms with Crippen LogP contribution in [0.1, 0.15) is 0 Å². The molecule has 0 heterocycles. The second-order valence-electron chi connectivity index (χ2n) is 6.10. The molecule has 0 aliphatic carbocycles. The number of anilines is 1. The fraction of sp³-hybridized carbons (Fsp3) is 0. The summed E-state index contributed by atoms with van der Waals surface area (Å²) in [6, 6.07) is 14.4. The average Bonchev–Trinajstić information content (AvgIpc) is 2.78. The first-order valence-electron chi connectivity index (χ1n) is 8.56. The number of nitrogens with zero attached hydrogens (tertiary/aromatic N) is 3. The molecule has 32 heavy (non-hydrogen) atoms. The largest absolute Gasteiger partial charge is 0.318 e. The Kier molecular flexibility index (Phi) is 6.20. The van der Waals surface area contributed by atoms with E-state index in [9.17, 15) is 37.1 Å². The van der Waals surface area contributed by atoms with E-state index < -0.39 is 39.8 Å². The van der Waals surface area contributed by atoms with Crippen LogP contribution in [-0.4, -0.2) is 26.7 Å². The summed E-state index contributed by atoms with van der Waals surface area (Å²) >= 11 is 0. The van der Waals surface area contributed by atoms with E-state index in [0.717, 1.165) is 48.5 Å². The number of sulfonamides is 1. The van der Waals surface area contributed by atoms with Gasteiger partial charge in [0.05, 0.1) is 25.3 Å². The predicted molar refractivity (Wildman–Crippen MR) is 111 cm³/mol. The zero-order valence-corrected chi connectivity index (χ0v) is 17.5. The number of nitro benzene ring substituents is 2. The monoisotopic (exact) mass is 479 g/mol. The van der Waals surface area contributed by atoms with Crippen molar-refractivity contribution in [2.45, 2.75) is 9.79 Å². The maximum Gasteiger partial charge on any atom is 0.318 e. The normalized spacial score (nSPS) is 11.6. The van der Waals surface area contributed by atoms with Crippen molar-refractivity contribution in [2.24, 2.45) is 0 Å². The standard InChI is InChI=1S/C18H13N3O9S2/c22-19(23)14-6-10-17(11-7-14)31(26,27)21(16-4-2-1-3-5-16)30-32(28,29)18-12-8-15(9-13-18)20(24)25/h1-13H. The Hall–Kier alpha value is -3.88. The van der Waals surface area contributed by atoms with Crippen LogP contribution in [0.3, 0.4) is 0 Å². The third kappa shape index (κ3) is 4.72. The SMILES string of the molecule is O=[N+]([O-])c1ccc(S(=O)(=O)ON(c2ccccc2)S(=O)(=O)c2ccc([N+](=O)[O-])cc2)cc1. The van der Waals surface area contributed by atoms with Crippen molar-refractivity contribution >= 4 is 37.2 Å². The van der Waals surface area contributed by atoms with Crippen molar-refractivity contribution < 1.29 is 31.0 Å². The first kappa shape index (κ1) is 22.8. The van der Waals surface area contributed by atoms with Crippen LogP contribution in [0.5, 0.6) is 0 Å². The van der Waals surface area contributed by atoms with Crippen LogP contribution in [-0.2, 0) is 24.4 Å². The summed E-state index contributed by atoms with van der Waals surface area (Å²) < 4.78 is 56.8. The molecule has 0 aliphatic rings. The molecule has 0 N–H and O–H groups in total. The second kappa shape index (κ2) is 8.70. The number of hydrogen-bond donors (Lipinski definition) is 0. The fourth-order valence-electron chi connectivity index (χ4n) is 2.47. The second-order valence-corrected chi connectivity index (χ2v) is 9.38. The summed E-state index contributed by atoms with van der Waals surface area (Å²) in [6.07, 6.45) is 0. The van der Waals surface area contributed by atoms with Crippen molar-refractivity contribution in [2.75, 3.05) is 4.47 Å². The molecule has 0 spiro atoms. The number of nitro groups is 2. The molecule has 166 valence electrons. The first-order chi connectivity index (χ1) is 15.0. The first-order valence-corrected chi connectivity index (χ1v) is 11.4. The van der Waals surface area contributed by atoms with Crippen LogP contribution in [0, 0.1) is 20.2 Å². The van der Waals surface area contributed by atoms with Gasteiger partial charge < -0.3 is 0 Å². The topological polar surface area (TPSA) is 167 Å². The van der Waals surface area contributed by atoms with E-state index in [1.807, 2.05) is 0 Å². The molecule has 0 atom stereocenters. The maximum atomic E-state index is 13.1. The number of para-hydroxylation sites is 1. The quantitative estimate of drug-likeness (QED) is 0.348. The maximum absolute atomic E-state index is 13.1. The molecule has 0 saturated heterocycles. The van der Waals surface area contributed by atoms with Crippen molar-refractivity contribution in [3.05, 3.63) is 99.1 Å². The van der Waals surface area contributed by atoms with Gasteiger partial charge in [-0.1, -0.05) is 18.2 Å². The van der Waals surface area contributed by atoms with Gasteiger partial charge in [0, 0.05) is 24.3 Å². The molecule has 3 aromatic rings. The number of hydrogen-bond acceptors (Lipinski definition) is 9. The molecule has 3 aromatic carbocycles. The highest BCUT2D eigenvalue weighted by molar-refractivity contribution is 7.94. The van der Waals surface area contributed by atoms with Gasteiger partial charge in [-0.2, -0.15) is 16.8 Å². The Balaban J connectivity index is 2.05. The van der Waals surface area contributed by atoms with Crippen LogP contribution < -0.4 is 4.47 Å². The van der Waals surface area contributed by atoms with E-state index in [4.69, 9.17) is 4.28 Å². The van der Waals surface area contributed by atoms with Gasteiger partial charge in [-0.05, 0) is 36.4 Å². The summed E-state index contributed by atoms with van der Waals surface area (Å²) in [5, 5.41) is 21.6. The lowest BCUT2D eigenvalue weighted by molar-refractivity contribution is -0.385. The third-order valence-corrected chi connectivity index (χ3v) is 6.91. The molecular formula is C18H13N3O9S2. The lowest BCUT2D eigenvalue weighted by Gasteiger charge is -2.22. The molecular weight excluding hydrogens is 466 g/mol. The van der Waals surface area contributed by atoms with Gasteiger partial charge in [-0.3, -0.25) is 20.2 Å². The van der Waals surface area contributed by atoms with Gasteiger partial charge in [-0.15, -0.1) is 8.75 Å². The summed E-state index contributed by atoms with van der Waals surface area (Å²) in [7, 11) is -9.41. The van der Waals surface area contributed by atoms with Crippen LogP contribution in [0.2, 0.25) is 0 Å². The van der Waals surface area contributed by atoms with Gasteiger partial charge in [0.15, 0.2) is 0 Å². The summed E-state index contributed by atoms with van der Waals surface area (Å²) in [5.41, 5.74) is -0.909. The molecule has 14 heteroatoms. The van der Waals surface area contributed by atoms with Crippen LogP contribution >= 0.6 is 0 Å². The Morgan fingerprint density at radius 1 is 0.656 bits per heavy atom. The minimum atomic E-state index is -4.75. The Morgan fingerprint density at radius 2 is 1.09 bits per heavy atom. The van der Waals surface area contributed by atoms with E-state index in [1.54, 1.807) is 6.07 Å². The van der Waals surface area contributed by atoms with Gasteiger partial charge >= 0.3 is 10.1 Å². The minimum absolute atomic E-state index is 0.158. The molecule has 0 aliphatic heterocycles. The van der Waals surface area contributed by atoms with Crippen molar-refractivity contribution in [1.82, 2.24) is 0 Å². The zero-order valence-electron chi connectivity index (χ0n) is 15.8. The highest BCUT2D eigenvalue weighted by Gasteiger charge is 2.32. The zero-order chi connectivity index (χ0) is 23.5.